The van der Waals surface area contributed by atoms with E-state index in [0.717, 1.165) is 11.1 Å². The fourth-order valence-electron chi connectivity index (χ4n) is 1.84. The van der Waals surface area contributed by atoms with Crippen LogP contribution in [-0.4, -0.2) is 25.2 Å². The minimum absolute atomic E-state index is 0.211. The Hall–Kier alpha value is -1.84. The molecule has 1 aromatic rings. The summed E-state index contributed by atoms with van der Waals surface area (Å²) in [6.07, 6.45) is 0. The van der Waals surface area contributed by atoms with Gasteiger partial charge in [0.05, 0.1) is 18.8 Å². The lowest BCUT2D eigenvalue weighted by Gasteiger charge is -2.13. The number of benzene rings is 1. The Morgan fingerprint density at radius 1 is 0.905 bits per heavy atom. The van der Waals surface area contributed by atoms with Crippen LogP contribution in [0.2, 0.25) is 0 Å². The lowest BCUT2D eigenvalue weighted by Crippen LogP contribution is -2.09. The second-order valence-electron chi connectivity index (χ2n) is 4.76. The molecule has 1 aromatic carbocycles. The van der Waals surface area contributed by atoms with Gasteiger partial charge in [-0.2, -0.15) is 0 Å². The average Bonchev–Trinajstić information content (AvgIpc) is 2.41. The van der Waals surface area contributed by atoms with Crippen molar-refractivity contribution in [2.24, 2.45) is 0 Å². The van der Waals surface area contributed by atoms with Crippen LogP contribution in [0.3, 0.4) is 0 Å². The number of carbonyl (C=O) groups is 2. The first kappa shape index (κ1) is 19.2. The molecule has 0 radical (unpaired) electrons. The number of rotatable bonds is 3. The maximum atomic E-state index is 11.7. The van der Waals surface area contributed by atoms with Crippen LogP contribution in [0.5, 0.6) is 0 Å². The van der Waals surface area contributed by atoms with Crippen molar-refractivity contribution in [3.63, 3.8) is 0 Å². The van der Waals surface area contributed by atoms with Gasteiger partial charge < -0.3 is 9.47 Å². The molecule has 0 bridgehead atoms. The fourth-order valence-corrected chi connectivity index (χ4v) is 1.84. The van der Waals surface area contributed by atoms with Gasteiger partial charge in [0.25, 0.3) is 0 Å². The molecule has 0 saturated heterocycles. The van der Waals surface area contributed by atoms with Gasteiger partial charge in [-0.15, -0.1) is 0 Å². The van der Waals surface area contributed by atoms with Gasteiger partial charge in [0, 0.05) is 6.92 Å². The van der Waals surface area contributed by atoms with Crippen molar-refractivity contribution < 1.29 is 19.1 Å². The van der Waals surface area contributed by atoms with Crippen LogP contribution in [0, 0.1) is 27.7 Å². The highest BCUT2D eigenvalue weighted by Crippen LogP contribution is 2.21. The van der Waals surface area contributed by atoms with Crippen molar-refractivity contribution in [2.75, 3.05) is 13.2 Å². The van der Waals surface area contributed by atoms with Crippen LogP contribution in [0.4, 0.5) is 0 Å². The molecule has 0 heterocycles. The van der Waals surface area contributed by atoms with E-state index in [-0.39, 0.29) is 11.9 Å². The molecule has 0 N–H and O–H groups in total. The molecule has 4 nitrogen and oxygen atoms in total. The van der Waals surface area contributed by atoms with Crippen LogP contribution in [0.25, 0.3) is 0 Å². The van der Waals surface area contributed by atoms with Crippen molar-refractivity contribution in [1.29, 1.82) is 0 Å². The highest BCUT2D eigenvalue weighted by Gasteiger charge is 2.14. The first-order valence-corrected chi connectivity index (χ1v) is 7.14. The maximum Gasteiger partial charge on any atom is 0.338 e. The van der Waals surface area contributed by atoms with Gasteiger partial charge in [-0.25, -0.2) is 4.79 Å². The van der Waals surface area contributed by atoms with Crippen molar-refractivity contribution in [2.45, 2.75) is 48.5 Å². The van der Waals surface area contributed by atoms with E-state index < -0.39 is 0 Å². The number of esters is 2. The summed E-state index contributed by atoms with van der Waals surface area (Å²) in [5.41, 5.74) is 5.29. The third-order valence-electron chi connectivity index (χ3n) is 3.32. The van der Waals surface area contributed by atoms with E-state index in [1.165, 1.54) is 18.1 Å². The summed E-state index contributed by atoms with van der Waals surface area (Å²) in [7, 11) is 0. The summed E-state index contributed by atoms with van der Waals surface area (Å²) in [6, 6.07) is 1.91. The molecular formula is C17H26O4. The molecule has 0 unspecified atom stereocenters. The monoisotopic (exact) mass is 294 g/mol. The number of carbonyl (C=O) groups excluding carboxylic acids is 2. The van der Waals surface area contributed by atoms with E-state index in [2.05, 4.69) is 11.7 Å². The van der Waals surface area contributed by atoms with Gasteiger partial charge in [-0.05, 0) is 69.9 Å². The van der Waals surface area contributed by atoms with E-state index in [1.54, 1.807) is 6.92 Å². The zero-order valence-electron chi connectivity index (χ0n) is 14.1. The molecule has 0 aliphatic rings. The largest absolute Gasteiger partial charge is 0.466 e. The molecular weight excluding hydrogens is 268 g/mol. The molecule has 1 rings (SSSR count). The lowest BCUT2D eigenvalue weighted by molar-refractivity contribution is -0.140. The Bertz CT molecular complexity index is 504. The highest BCUT2D eigenvalue weighted by molar-refractivity contribution is 5.91. The molecule has 4 heteroatoms. The van der Waals surface area contributed by atoms with E-state index in [0.29, 0.717) is 18.8 Å². The van der Waals surface area contributed by atoms with Crippen LogP contribution in [0.15, 0.2) is 6.07 Å². The zero-order chi connectivity index (χ0) is 16.6. The first-order chi connectivity index (χ1) is 9.76. The molecule has 118 valence electrons. The van der Waals surface area contributed by atoms with Crippen molar-refractivity contribution >= 4 is 11.9 Å². The molecule has 0 saturated carbocycles. The van der Waals surface area contributed by atoms with Crippen LogP contribution >= 0.6 is 0 Å². The van der Waals surface area contributed by atoms with Crippen LogP contribution in [-0.2, 0) is 14.3 Å². The summed E-state index contributed by atoms with van der Waals surface area (Å²) in [5, 5.41) is 0. The molecule has 0 amide bonds. The SMILES string of the molecule is CCOC(=O)c1cc(C)c(C)c(C)c1C.CCOC(C)=O. The Kier molecular flexibility index (Phi) is 8.36. The van der Waals surface area contributed by atoms with E-state index in [4.69, 9.17) is 4.74 Å². The second kappa shape index (κ2) is 9.16. The molecule has 21 heavy (non-hydrogen) atoms. The Morgan fingerprint density at radius 3 is 1.81 bits per heavy atom. The first-order valence-electron chi connectivity index (χ1n) is 7.14. The predicted octanol–water partition coefficient (Wildman–Crippen LogP) is 3.67. The second-order valence-corrected chi connectivity index (χ2v) is 4.76. The number of ether oxygens (including phenoxy) is 2. The lowest BCUT2D eigenvalue weighted by atomic mass is 9.95. The molecule has 0 aromatic heterocycles. The van der Waals surface area contributed by atoms with Crippen LogP contribution < -0.4 is 0 Å². The Labute approximate surface area is 127 Å². The minimum atomic E-state index is -0.221. The Morgan fingerprint density at radius 2 is 1.43 bits per heavy atom. The quantitative estimate of drug-likeness (QED) is 0.798. The number of hydrogen-bond donors (Lipinski definition) is 0. The molecule has 0 fully saturated rings. The summed E-state index contributed by atoms with van der Waals surface area (Å²) >= 11 is 0. The van der Waals surface area contributed by atoms with Gasteiger partial charge in [0.15, 0.2) is 0 Å². The summed E-state index contributed by atoms with van der Waals surface area (Å²) in [6.45, 7) is 14.0. The van der Waals surface area contributed by atoms with Gasteiger partial charge in [0.1, 0.15) is 0 Å². The normalized spacial score (nSPS) is 9.48. The number of aryl methyl sites for hydroxylation is 1. The van der Waals surface area contributed by atoms with E-state index in [1.807, 2.05) is 33.8 Å². The third kappa shape index (κ3) is 5.98. The molecule has 0 spiro atoms. The molecule has 0 atom stereocenters. The fraction of sp³-hybridized carbons (Fsp3) is 0.529. The summed E-state index contributed by atoms with van der Waals surface area (Å²) in [4.78, 5) is 21.5. The van der Waals surface area contributed by atoms with Crippen molar-refractivity contribution in [3.05, 3.63) is 33.9 Å². The summed E-state index contributed by atoms with van der Waals surface area (Å²) < 4.78 is 9.42. The van der Waals surface area contributed by atoms with Crippen molar-refractivity contribution in [3.8, 4) is 0 Å². The van der Waals surface area contributed by atoms with Gasteiger partial charge in [-0.3, -0.25) is 4.79 Å². The standard InChI is InChI=1S/C13H18O2.C4H8O2/c1-6-15-13(14)12-7-8(2)9(3)10(4)11(12)5;1-3-6-4(2)5/h7H,6H2,1-5H3;3H2,1-2H3. The molecule has 0 aliphatic carbocycles. The van der Waals surface area contributed by atoms with Gasteiger partial charge >= 0.3 is 11.9 Å². The predicted molar refractivity (Wildman–Crippen MR) is 83.7 cm³/mol. The van der Waals surface area contributed by atoms with Gasteiger partial charge in [0.2, 0.25) is 0 Å². The minimum Gasteiger partial charge on any atom is -0.466 e. The zero-order valence-corrected chi connectivity index (χ0v) is 14.1. The maximum absolute atomic E-state index is 11.7. The Balaban J connectivity index is 0.000000567. The topological polar surface area (TPSA) is 52.6 Å². The average molecular weight is 294 g/mol. The van der Waals surface area contributed by atoms with E-state index in [9.17, 15) is 9.59 Å². The third-order valence-corrected chi connectivity index (χ3v) is 3.32. The highest BCUT2D eigenvalue weighted by atomic mass is 16.5. The molecule has 0 aliphatic heterocycles. The van der Waals surface area contributed by atoms with Crippen molar-refractivity contribution in [1.82, 2.24) is 0 Å². The van der Waals surface area contributed by atoms with Crippen LogP contribution in [0.1, 0.15) is 53.4 Å². The summed E-state index contributed by atoms with van der Waals surface area (Å²) in [5.74, 6) is -0.432. The van der Waals surface area contributed by atoms with E-state index >= 15 is 0 Å². The van der Waals surface area contributed by atoms with Gasteiger partial charge in [-0.1, -0.05) is 0 Å². The number of hydrogen-bond acceptors (Lipinski definition) is 4. The smallest absolute Gasteiger partial charge is 0.338 e.